The zero-order valence-corrected chi connectivity index (χ0v) is 11.9. The number of nitrogens with one attached hydrogen (secondary N) is 1. The maximum absolute atomic E-state index is 12.9. The van der Waals surface area contributed by atoms with Crippen LogP contribution in [0.5, 0.6) is 0 Å². The maximum Gasteiger partial charge on any atom is 0.252 e. The Morgan fingerprint density at radius 3 is 2.24 bits per heavy atom. The van der Waals surface area contributed by atoms with Gasteiger partial charge in [-0.25, -0.2) is 4.39 Å². The third kappa shape index (κ3) is 3.67. The van der Waals surface area contributed by atoms with Gasteiger partial charge in [0.2, 0.25) is 0 Å². The van der Waals surface area contributed by atoms with Crippen molar-refractivity contribution in [3.63, 3.8) is 0 Å². The molecule has 0 aliphatic heterocycles. The highest BCUT2D eigenvalue weighted by atomic mass is 19.1. The highest BCUT2D eigenvalue weighted by Crippen LogP contribution is 2.15. The molecule has 3 nitrogen and oxygen atoms in total. The van der Waals surface area contributed by atoms with Gasteiger partial charge in [0, 0.05) is 5.56 Å². The Morgan fingerprint density at radius 1 is 1.14 bits per heavy atom. The molecular weight excluding hydrogens is 267 g/mol. The summed E-state index contributed by atoms with van der Waals surface area (Å²) in [6.07, 6.45) is 0. The summed E-state index contributed by atoms with van der Waals surface area (Å²) in [5, 5.41) is 11.8. The van der Waals surface area contributed by atoms with Crippen LogP contribution >= 0.6 is 0 Å². The summed E-state index contributed by atoms with van der Waals surface area (Å²) in [5.74, 6) is -0.700. The molecule has 0 spiro atoms. The van der Waals surface area contributed by atoms with E-state index in [2.05, 4.69) is 5.32 Å². The van der Waals surface area contributed by atoms with Crippen LogP contribution in [-0.4, -0.2) is 5.91 Å². The molecule has 0 saturated heterocycles. The van der Waals surface area contributed by atoms with Gasteiger partial charge in [0.25, 0.3) is 5.91 Å². The van der Waals surface area contributed by atoms with E-state index in [9.17, 15) is 14.4 Å². The largest absolute Gasteiger partial charge is 0.333 e. The number of amides is 1. The Kier molecular flexibility index (Phi) is 4.34. The van der Waals surface area contributed by atoms with Gasteiger partial charge in [-0.15, -0.1) is 0 Å². The zero-order valence-electron chi connectivity index (χ0n) is 11.9. The topological polar surface area (TPSA) is 52.9 Å². The maximum atomic E-state index is 12.9. The van der Waals surface area contributed by atoms with Crippen LogP contribution < -0.4 is 5.32 Å². The van der Waals surface area contributed by atoms with Gasteiger partial charge in [-0.2, -0.15) is 5.26 Å². The minimum atomic E-state index is -0.807. The van der Waals surface area contributed by atoms with Crippen LogP contribution in [0.25, 0.3) is 0 Å². The Hall–Kier alpha value is -2.67. The van der Waals surface area contributed by atoms with Gasteiger partial charge in [0.1, 0.15) is 11.9 Å². The number of nitriles is 1. The smallest absolute Gasteiger partial charge is 0.252 e. The van der Waals surface area contributed by atoms with E-state index in [0.717, 1.165) is 11.1 Å². The first-order valence-corrected chi connectivity index (χ1v) is 6.54. The van der Waals surface area contributed by atoms with Crippen LogP contribution in [0.15, 0.2) is 42.5 Å². The number of aryl methyl sites for hydroxylation is 2. The Bertz CT molecular complexity index is 681. The second-order valence-corrected chi connectivity index (χ2v) is 4.96. The number of hydrogen-bond donors (Lipinski definition) is 1. The van der Waals surface area contributed by atoms with Crippen molar-refractivity contribution in [3.05, 3.63) is 70.5 Å². The molecule has 0 aliphatic carbocycles. The van der Waals surface area contributed by atoms with Crippen LogP contribution in [0.2, 0.25) is 0 Å². The van der Waals surface area contributed by atoms with Crippen molar-refractivity contribution in [2.24, 2.45) is 0 Å². The summed E-state index contributed by atoms with van der Waals surface area (Å²) in [6.45, 7) is 3.82. The minimum Gasteiger partial charge on any atom is -0.333 e. The molecule has 1 N–H and O–H groups in total. The monoisotopic (exact) mass is 282 g/mol. The molecule has 0 unspecified atom stereocenters. The first kappa shape index (κ1) is 14.7. The fourth-order valence-electron chi connectivity index (χ4n) is 2.17. The molecule has 2 aromatic carbocycles. The van der Waals surface area contributed by atoms with Crippen molar-refractivity contribution in [1.82, 2.24) is 5.32 Å². The van der Waals surface area contributed by atoms with Gasteiger partial charge in [-0.1, -0.05) is 29.3 Å². The lowest BCUT2D eigenvalue weighted by Gasteiger charge is -2.12. The molecule has 0 radical (unpaired) electrons. The predicted octanol–water partition coefficient (Wildman–Crippen LogP) is 3.44. The number of hydrogen-bond acceptors (Lipinski definition) is 2. The molecule has 1 atom stereocenters. The third-order valence-corrected chi connectivity index (χ3v) is 3.09. The highest BCUT2D eigenvalue weighted by molar-refractivity contribution is 5.95. The molecule has 2 rings (SSSR count). The first-order valence-electron chi connectivity index (χ1n) is 6.54. The lowest BCUT2D eigenvalue weighted by atomic mass is 10.0. The average Bonchev–Trinajstić information content (AvgIpc) is 2.44. The van der Waals surface area contributed by atoms with Crippen LogP contribution in [0.4, 0.5) is 4.39 Å². The van der Waals surface area contributed by atoms with E-state index in [0.29, 0.717) is 11.1 Å². The Balaban J connectivity index is 2.20. The van der Waals surface area contributed by atoms with Crippen LogP contribution in [0.3, 0.4) is 0 Å². The Labute approximate surface area is 123 Å². The molecule has 0 fully saturated rings. The molecule has 0 bridgehead atoms. The van der Waals surface area contributed by atoms with Gasteiger partial charge < -0.3 is 5.32 Å². The number of carbonyl (C=O) groups is 1. The van der Waals surface area contributed by atoms with Crippen LogP contribution in [0, 0.1) is 31.0 Å². The van der Waals surface area contributed by atoms with Gasteiger partial charge in [0.05, 0.1) is 6.07 Å². The zero-order chi connectivity index (χ0) is 15.4. The average molecular weight is 282 g/mol. The summed E-state index contributed by atoms with van der Waals surface area (Å²) in [6, 6.07) is 12.2. The molecular formula is C17H15FN2O. The normalized spacial score (nSPS) is 11.5. The van der Waals surface area contributed by atoms with E-state index in [4.69, 9.17) is 0 Å². The van der Waals surface area contributed by atoms with Crippen molar-refractivity contribution < 1.29 is 9.18 Å². The molecule has 4 heteroatoms. The van der Waals surface area contributed by atoms with Gasteiger partial charge in [-0.05, 0) is 43.7 Å². The minimum absolute atomic E-state index is 0.322. The molecule has 21 heavy (non-hydrogen) atoms. The number of benzene rings is 2. The second kappa shape index (κ2) is 6.19. The van der Waals surface area contributed by atoms with Crippen molar-refractivity contribution in [1.29, 1.82) is 5.26 Å². The standard InChI is InChI=1S/C17H15FN2O/c1-11-7-12(2)9-14(8-11)17(21)20-16(10-19)13-3-5-15(18)6-4-13/h3-9,16H,1-2H3,(H,20,21)/t16-/m1/s1. The fraction of sp³-hybridized carbons (Fsp3) is 0.176. The molecule has 0 heterocycles. The van der Waals surface area contributed by atoms with Crippen molar-refractivity contribution in [2.45, 2.75) is 19.9 Å². The number of carbonyl (C=O) groups excluding carboxylic acids is 1. The summed E-state index contributed by atoms with van der Waals surface area (Å²) < 4.78 is 12.9. The van der Waals surface area contributed by atoms with E-state index in [-0.39, 0.29) is 11.7 Å². The van der Waals surface area contributed by atoms with Crippen LogP contribution in [-0.2, 0) is 0 Å². The lowest BCUT2D eigenvalue weighted by Crippen LogP contribution is -2.27. The molecule has 1 amide bonds. The molecule has 0 aliphatic rings. The quantitative estimate of drug-likeness (QED) is 0.937. The van der Waals surface area contributed by atoms with Crippen molar-refractivity contribution in [3.8, 4) is 6.07 Å². The predicted molar refractivity (Wildman–Crippen MR) is 78.1 cm³/mol. The first-order chi connectivity index (χ1) is 9.99. The summed E-state index contributed by atoms with van der Waals surface area (Å²) in [4.78, 5) is 12.2. The van der Waals surface area contributed by atoms with E-state index in [1.165, 1.54) is 24.3 Å². The van der Waals surface area contributed by atoms with E-state index in [1.54, 1.807) is 12.1 Å². The Morgan fingerprint density at radius 2 is 1.71 bits per heavy atom. The lowest BCUT2D eigenvalue weighted by molar-refractivity contribution is 0.0945. The van der Waals surface area contributed by atoms with Crippen LogP contribution in [0.1, 0.15) is 33.1 Å². The van der Waals surface area contributed by atoms with E-state index >= 15 is 0 Å². The highest BCUT2D eigenvalue weighted by Gasteiger charge is 2.15. The van der Waals surface area contributed by atoms with E-state index in [1.807, 2.05) is 26.0 Å². The third-order valence-electron chi connectivity index (χ3n) is 3.09. The van der Waals surface area contributed by atoms with E-state index < -0.39 is 6.04 Å². The second-order valence-electron chi connectivity index (χ2n) is 4.96. The molecule has 0 aromatic heterocycles. The molecule has 106 valence electrons. The summed E-state index contributed by atoms with van der Waals surface area (Å²) in [7, 11) is 0. The summed E-state index contributed by atoms with van der Waals surface area (Å²) >= 11 is 0. The SMILES string of the molecule is Cc1cc(C)cc(C(=O)N[C@H](C#N)c2ccc(F)cc2)c1. The number of halogens is 1. The number of rotatable bonds is 3. The van der Waals surface area contributed by atoms with Gasteiger partial charge in [-0.3, -0.25) is 4.79 Å². The summed E-state index contributed by atoms with van der Waals surface area (Å²) in [5.41, 5.74) is 3.03. The number of nitrogens with zero attached hydrogens (tertiary/aromatic N) is 1. The fourth-order valence-corrected chi connectivity index (χ4v) is 2.17. The van der Waals surface area contributed by atoms with Gasteiger partial charge in [0.15, 0.2) is 0 Å². The van der Waals surface area contributed by atoms with Gasteiger partial charge >= 0.3 is 0 Å². The molecule has 0 saturated carbocycles. The molecule has 2 aromatic rings. The van der Waals surface area contributed by atoms with Crippen molar-refractivity contribution >= 4 is 5.91 Å². The van der Waals surface area contributed by atoms with Crippen molar-refractivity contribution in [2.75, 3.05) is 0 Å².